The van der Waals surface area contributed by atoms with Crippen LogP contribution in [0.3, 0.4) is 0 Å². The van der Waals surface area contributed by atoms with Crippen LogP contribution in [0.15, 0.2) is 42.6 Å². The summed E-state index contributed by atoms with van der Waals surface area (Å²) in [5, 5.41) is 4.08. The van der Waals surface area contributed by atoms with Crippen molar-refractivity contribution in [2.24, 2.45) is 0 Å². The number of nitrogens with one attached hydrogen (secondary N) is 1. The van der Waals surface area contributed by atoms with E-state index in [1.165, 1.54) is 5.56 Å². The molecule has 1 aromatic carbocycles. The predicted octanol–water partition coefficient (Wildman–Crippen LogP) is 3.66. The van der Waals surface area contributed by atoms with Crippen LogP contribution in [-0.2, 0) is 6.54 Å². The van der Waals surface area contributed by atoms with Gasteiger partial charge >= 0.3 is 0 Å². The Bertz CT molecular complexity index is 466. The molecule has 1 heterocycles. The summed E-state index contributed by atoms with van der Waals surface area (Å²) in [6.07, 6.45) is 1.81. The predicted molar refractivity (Wildman–Crippen MR) is 67.8 cm³/mol. The highest BCUT2D eigenvalue weighted by atomic mass is 35.5. The van der Waals surface area contributed by atoms with Gasteiger partial charge in [0.2, 0.25) is 0 Å². The molecular formula is C13H13ClN2. The number of rotatable bonds is 3. The summed E-state index contributed by atoms with van der Waals surface area (Å²) in [5.41, 5.74) is 3.33. The average molecular weight is 233 g/mol. The smallest absolute Gasteiger partial charge is 0.0422 e. The first-order valence-corrected chi connectivity index (χ1v) is 5.53. The highest BCUT2D eigenvalue weighted by Crippen LogP contribution is 2.14. The number of halogens is 1. The largest absolute Gasteiger partial charge is 0.381 e. The van der Waals surface area contributed by atoms with E-state index in [2.05, 4.69) is 16.4 Å². The molecule has 0 spiro atoms. The molecule has 0 aliphatic carbocycles. The molecule has 2 nitrogen and oxygen atoms in total. The van der Waals surface area contributed by atoms with Crippen LogP contribution in [-0.4, -0.2) is 4.98 Å². The molecule has 1 aromatic heterocycles. The minimum absolute atomic E-state index is 0.753. The van der Waals surface area contributed by atoms with Crippen molar-refractivity contribution >= 4 is 17.3 Å². The van der Waals surface area contributed by atoms with Crippen LogP contribution in [0, 0.1) is 6.92 Å². The number of anilines is 1. The number of hydrogen-bond donors (Lipinski definition) is 1. The van der Waals surface area contributed by atoms with E-state index in [-0.39, 0.29) is 0 Å². The fraction of sp³-hybridized carbons (Fsp3) is 0.154. The van der Waals surface area contributed by atoms with E-state index >= 15 is 0 Å². The fourth-order valence-corrected chi connectivity index (χ4v) is 1.60. The minimum atomic E-state index is 0.753. The first-order chi connectivity index (χ1) is 7.75. The summed E-state index contributed by atoms with van der Waals surface area (Å²) >= 11 is 5.82. The Morgan fingerprint density at radius 3 is 2.62 bits per heavy atom. The molecular weight excluding hydrogens is 220 g/mol. The number of aromatic nitrogens is 1. The lowest BCUT2D eigenvalue weighted by Crippen LogP contribution is -2.01. The van der Waals surface area contributed by atoms with Gasteiger partial charge in [0.15, 0.2) is 0 Å². The van der Waals surface area contributed by atoms with E-state index in [1.54, 1.807) is 6.20 Å². The van der Waals surface area contributed by atoms with Gasteiger partial charge in [0.1, 0.15) is 0 Å². The molecule has 0 unspecified atom stereocenters. The van der Waals surface area contributed by atoms with Crippen molar-refractivity contribution in [3.63, 3.8) is 0 Å². The molecule has 3 heteroatoms. The summed E-state index contributed by atoms with van der Waals surface area (Å²) < 4.78 is 0. The van der Waals surface area contributed by atoms with Crippen molar-refractivity contribution in [3.05, 3.63) is 58.9 Å². The Balaban J connectivity index is 2.02. The lowest BCUT2D eigenvalue weighted by Gasteiger charge is -2.08. The zero-order chi connectivity index (χ0) is 11.4. The third kappa shape index (κ3) is 2.74. The molecule has 1 N–H and O–H groups in total. The molecule has 2 rings (SSSR count). The molecule has 0 radical (unpaired) electrons. The maximum absolute atomic E-state index is 5.82. The van der Waals surface area contributed by atoms with Crippen LogP contribution < -0.4 is 5.32 Å². The maximum atomic E-state index is 5.82. The number of pyridine rings is 1. The first-order valence-electron chi connectivity index (χ1n) is 5.15. The molecule has 0 saturated heterocycles. The van der Waals surface area contributed by atoms with Gasteiger partial charge in [-0.1, -0.05) is 17.7 Å². The minimum Gasteiger partial charge on any atom is -0.381 e. The van der Waals surface area contributed by atoms with Crippen LogP contribution in [0.2, 0.25) is 5.02 Å². The third-order valence-corrected chi connectivity index (χ3v) is 2.70. The second-order valence-corrected chi connectivity index (χ2v) is 4.04. The van der Waals surface area contributed by atoms with Crippen molar-refractivity contribution < 1.29 is 0 Å². The fourth-order valence-electron chi connectivity index (χ4n) is 1.47. The van der Waals surface area contributed by atoms with Crippen LogP contribution in [0.1, 0.15) is 11.3 Å². The molecule has 0 saturated carbocycles. The van der Waals surface area contributed by atoms with Crippen LogP contribution >= 0.6 is 11.6 Å². The summed E-state index contributed by atoms with van der Waals surface area (Å²) in [4.78, 5) is 4.24. The molecule has 16 heavy (non-hydrogen) atoms. The first kappa shape index (κ1) is 11.0. The molecule has 0 aliphatic rings. The van der Waals surface area contributed by atoms with Crippen LogP contribution in [0.25, 0.3) is 0 Å². The normalized spacial score (nSPS) is 10.1. The van der Waals surface area contributed by atoms with Gasteiger partial charge in [-0.05, 0) is 42.8 Å². The van der Waals surface area contributed by atoms with Gasteiger partial charge in [-0.25, -0.2) is 0 Å². The second kappa shape index (κ2) is 4.99. The zero-order valence-electron chi connectivity index (χ0n) is 9.07. The second-order valence-electron chi connectivity index (χ2n) is 3.61. The van der Waals surface area contributed by atoms with Crippen molar-refractivity contribution in [3.8, 4) is 0 Å². The Kier molecular flexibility index (Phi) is 3.42. The topological polar surface area (TPSA) is 24.9 Å². The van der Waals surface area contributed by atoms with E-state index in [0.717, 1.165) is 22.9 Å². The molecule has 0 fully saturated rings. The lowest BCUT2D eigenvalue weighted by atomic mass is 10.2. The number of aryl methyl sites for hydroxylation is 1. The Labute approximate surface area is 100 Å². The Morgan fingerprint density at radius 2 is 1.94 bits per heavy atom. The van der Waals surface area contributed by atoms with Gasteiger partial charge in [-0.2, -0.15) is 0 Å². The Morgan fingerprint density at radius 1 is 1.19 bits per heavy atom. The average Bonchev–Trinajstić information content (AvgIpc) is 2.30. The molecule has 82 valence electrons. The van der Waals surface area contributed by atoms with Crippen molar-refractivity contribution in [2.45, 2.75) is 13.5 Å². The van der Waals surface area contributed by atoms with E-state index in [0.29, 0.717) is 0 Å². The monoisotopic (exact) mass is 232 g/mol. The summed E-state index contributed by atoms with van der Waals surface area (Å²) in [7, 11) is 0. The van der Waals surface area contributed by atoms with E-state index < -0.39 is 0 Å². The lowest BCUT2D eigenvalue weighted by molar-refractivity contribution is 1.06. The van der Waals surface area contributed by atoms with Crippen molar-refractivity contribution in [1.29, 1.82) is 0 Å². The maximum Gasteiger partial charge on any atom is 0.0422 e. The van der Waals surface area contributed by atoms with Gasteiger partial charge in [-0.15, -0.1) is 0 Å². The molecule has 0 atom stereocenters. The SMILES string of the molecule is Cc1ncccc1CNc1ccc(Cl)cc1. The van der Waals surface area contributed by atoms with E-state index in [1.807, 2.05) is 37.3 Å². The van der Waals surface area contributed by atoms with Gasteiger partial charge in [-0.3, -0.25) is 4.98 Å². The highest BCUT2D eigenvalue weighted by molar-refractivity contribution is 6.30. The molecule has 0 aliphatic heterocycles. The summed E-state index contributed by atoms with van der Waals surface area (Å²) in [6.45, 7) is 2.79. The van der Waals surface area contributed by atoms with Gasteiger partial charge in [0.25, 0.3) is 0 Å². The van der Waals surface area contributed by atoms with E-state index in [4.69, 9.17) is 11.6 Å². The van der Waals surface area contributed by atoms with Crippen LogP contribution in [0.5, 0.6) is 0 Å². The number of hydrogen-bond acceptors (Lipinski definition) is 2. The van der Waals surface area contributed by atoms with Gasteiger partial charge < -0.3 is 5.32 Å². The summed E-state index contributed by atoms with van der Waals surface area (Å²) in [6, 6.07) is 11.7. The van der Waals surface area contributed by atoms with Gasteiger partial charge in [0, 0.05) is 29.1 Å². The quantitative estimate of drug-likeness (QED) is 0.874. The van der Waals surface area contributed by atoms with E-state index in [9.17, 15) is 0 Å². The molecule has 2 aromatic rings. The third-order valence-electron chi connectivity index (χ3n) is 2.44. The van der Waals surface area contributed by atoms with Gasteiger partial charge in [0.05, 0.1) is 0 Å². The molecule has 0 amide bonds. The molecule has 0 bridgehead atoms. The number of nitrogens with zero attached hydrogens (tertiary/aromatic N) is 1. The number of benzene rings is 1. The highest BCUT2D eigenvalue weighted by Gasteiger charge is 1.98. The van der Waals surface area contributed by atoms with Crippen molar-refractivity contribution in [2.75, 3.05) is 5.32 Å². The Hall–Kier alpha value is -1.54. The standard InChI is InChI=1S/C13H13ClN2/c1-10-11(3-2-8-15-10)9-16-13-6-4-12(14)5-7-13/h2-8,16H,9H2,1H3. The van der Waals surface area contributed by atoms with Crippen LogP contribution in [0.4, 0.5) is 5.69 Å². The summed E-state index contributed by atoms with van der Waals surface area (Å²) in [5.74, 6) is 0. The zero-order valence-corrected chi connectivity index (χ0v) is 9.83. The van der Waals surface area contributed by atoms with Crippen molar-refractivity contribution in [1.82, 2.24) is 4.98 Å².